The number of carbonyl (C=O) groups excluding carboxylic acids is 2. The molecule has 0 radical (unpaired) electrons. The van der Waals surface area contributed by atoms with E-state index in [0.717, 1.165) is 0 Å². The van der Waals surface area contributed by atoms with Crippen LogP contribution in [0.2, 0.25) is 0 Å². The fourth-order valence-electron chi connectivity index (χ4n) is 0.541. The molecule has 0 aliphatic heterocycles. The van der Waals surface area contributed by atoms with E-state index >= 15 is 0 Å². The second kappa shape index (κ2) is 9.11. The van der Waals surface area contributed by atoms with Crippen molar-refractivity contribution in [3.63, 3.8) is 0 Å². The highest BCUT2D eigenvalue weighted by molar-refractivity contribution is 5.87. The second-order valence-electron chi connectivity index (χ2n) is 3.94. The number of carbonyl (C=O) groups is 2. The monoisotopic (exact) mass is 336 g/mol. The smallest absolute Gasteiger partial charge is 0.422 e. The third-order valence-electron chi connectivity index (χ3n) is 1.43. The molecule has 0 fully saturated rings. The highest BCUT2D eigenvalue weighted by Crippen LogP contribution is 2.15. The number of hydrogen-bond donors (Lipinski definition) is 0. The third kappa shape index (κ3) is 16.1. The highest BCUT2D eigenvalue weighted by Gasteiger charge is 2.30. The zero-order valence-corrected chi connectivity index (χ0v) is 11.7. The summed E-state index contributed by atoms with van der Waals surface area (Å²) in [5, 5.41) is 0. The van der Waals surface area contributed by atoms with E-state index in [9.17, 15) is 35.9 Å². The molecule has 0 saturated heterocycles. The summed E-state index contributed by atoms with van der Waals surface area (Å²) in [7, 11) is 0. The Hall–Kier alpha value is -2.00. The zero-order chi connectivity index (χ0) is 18.1. The minimum absolute atomic E-state index is 0.0470. The molecule has 22 heavy (non-hydrogen) atoms. The van der Waals surface area contributed by atoms with Crippen molar-refractivity contribution < 1.29 is 45.4 Å². The van der Waals surface area contributed by atoms with Gasteiger partial charge in [-0.2, -0.15) is 26.3 Å². The topological polar surface area (TPSA) is 52.6 Å². The van der Waals surface area contributed by atoms with Gasteiger partial charge in [0.1, 0.15) is 0 Å². The quantitative estimate of drug-likeness (QED) is 0.449. The molecule has 4 nitrogen and oxygen atoms in total. The molecule has 0 saturated carbocycles. The lowest BCUT2D eigenvalue weighted by Crippen LogP contribution is -2.20. The number of alkyl halides is 6. The predicted octanol–water partition coefficient (Wildman–Crippen LogP) is 3.34. The molecule has 0 rings (SSSR count). The van der Waals surface area contributed by atoms with Gasteiger partial charge in [0.25, 0.3) is 0 Å². The summed E-state index contributed by atoms with van der Waals surface area (Å²) in [6.07, 6.45) is -8.93. The third-order valence-corrected chi connectivity index (χ3v) is 1.43. The minimum atomic E-state index is -4.47. The summed E-state index contributed by atoms with van der Waals surface area (Å²) in [5.74, 6) is -2.05. The summed E-state index contributed by atoms with van der Waals surface area (Å²) < 4.78 is 75.8. The largest absolute Gasteiger partial charge is 0.453 e. The van der Waals surface area contributed by atoms with E-state index in [1.165, 1.54) is 13.8 Å². The standard InChI is InChI=1S/2C6H7F3O2/c2*1-4(2)5(10)11-3-6(7,8)9/h2*1,3H2,2H3. The van der Waals surface area contributed by atoms with Crippen molar-refractivity contribution in [3.8, 4) is 0 Å². The van der Waals surface area contributed by atoms with Gasteiger partial charge in [-0.05, 0) is 13.8 Å². The molecule has 0 heterocycles. The first-order chi connectivity index (χ1) is 9.65. The van der Waals surface area contributed by atoms with E-state index in [0.29, 0.717) is 0 Å². The van der Waals surface area contributed by atoms with Crippen LogP contribution < -0.4 is 0 Å². The molecule has 0 aliphatic rings. The van der Waals surface area contributed by atoms with Gasteiger partial charge in [-0.1, -0.05) is 13.2 Å². The molecular weight excluding hydrogens is 322 g/mol. The van der Waals surface area contributed by atoms with Crippen molar-refractivity contribution in [3.05, 3.63) is 24.3 Å². The van der Waals surface area contributed by atoms with Crippen LogP contribution in [0.1, 0.15) is 13.8 Å². The van der Waals surface area contributed by atoms with E-state index < -0.39 is 37.5 Å². The van der Waals surface area contributed by atoms with Crippen LogP contribution in [0, 0.1) is 0 Å². The first-order valence-electron chi connectivity index (χ1n) is 5.44. The summed E-state index contributed by atoms with van der Waals surface area (Å²) in [4.78, 5) is 20.7. The maximum atomic E-state index is 11.4. The molecule has 10 heteroatoms. The first kappa shape index (κ1) is 22.3. The summed E-state index contributed by atoms with van der Waals surface area (Å²) >= 11 is 0. The predicted molar refractivity (Wildman–Crippen MR) is 63.7 cm³/mol. The molecular formula is C12H14F6O4. The van der Waals surface area contributed by atoms with Crippen molar-refractivity contribution in [2.45, 2.75) is 26.2 Å². The number of rotatable bonds is 4. The summed E-state index contributed by atoms with van der Waals surface area (Å²) in [6, 6.07) is 0. The van der Waals surface area contributed by atoms with Crippen LogP contribution in [0.5, 0.6) is 0 Å². The van der Waals surface area contributed by atoms with Crippen LogP contribution >= 0.6 is 0 Å². The Bertz CT molecular complexity index is 382. The first-order valence-corrected chi connectivity index (χ1v) is 5.44. The molecule has 0 amide bonds. The molecule has 0 N–H and O–H groups in total. The van der Waals surface area contributed by atoms with Crippen molar-refractivity contribution in [2.75, 3.05) is 13.2 Å². The normalized spacial score (nSPS) is 10.9. The lowest BCUT2D eigenvalue weighted by molar-refractivity contribution is -0.183. The van der Waals surface area contributed by atoms with Gasteiger partial charge in [-0.3, -0.25) is 0 Å². The van der Waals surface area contributed by atoms with Gasteiger partial charge in [0.05, 0.1) is 0 Å². The number of ether oxygens (including phenoxy) is 2. The fourth-order valence-corrected chi connectivity index (χ4v) is 0.541. The van der Waals surface area contributed by atoms with Crippen molar-refractivity contribution >= 4 is 11.9 Å². The van der Waals surface area contributed by atoms with Crippen LogP contribution in [0.25, 0.3) is 0 Å². The molecule has 0 spiro atoms. The second-order valence-corrected chi connectivity index (χ2v) is 3.94. The van der Waals surface area contributed by atoms with Gasteiger partial charge in [0.15, 0.2) is 13.2 Å². The molecule has 0 atom stereocenters. The van der Waals surface area contributed by atoms with Crippen LogP contribution in [-0.4, -0.2) is 37.5 Å². The summed E-state index contributed by atoms with van der Waals surface area (Å²) in [6.45, 7) is 5.67. The van der Waals surface area contributed by atoms with Crippen LogP contribution in [-0.2, 0) is 19.1 Å². The molecule has 0 aromatic rings. The van der Waals surface area contributed by atoms with Gasteiger partial charge in [-0.15, -0.1) is 0 Å². The van der Waals surface area contributed by atoms with Crippen LogP contribution in [0.3, 0.4) is 0 Å². The van der Waals surface area contributed by atoms with E-state index in [4.69, 9.17) is 0 Å². The zero-order valence-electron chi connectivity index (χ0n) is 11.7. The SMILES string of the molecule is C=C(C)C(=O)OCC(F)(F)F.C=C(C)C(=O)OCC(F)(F)F. The molecule has 0 unspecified atom stereocenters. The maximum absolute atomic E-state index is 11.4. The Labute approximate surface area is 122 Å². The Morgan fingerprint density at radius 3 is 1.14 bits per heavy atom. The van der Waals surface area contributed by atoms with E-state index in [-0.39, 0.29) is 11.1 Å². The molecule has 0 bridgehead atoms. The number of hydrogen-bond acceptors (Lipinski definition) is 4. The average Bonchev–Trinajstić information content (AvgIpc) is 2.31. The summed E-state index contributed by atoms with van der Waals surface area (Å²) in [5.41, 5.74) is -0.0940. The van der Waals surface area contributed by atoms with Gasteiger partial charge in [-0.25, -0.2) is 9.59 Å². The Morgan fingerprint density at radius 1 is 0.773 bits per heavy atom. The fraction of sp³-hybridized carbons (Fsp3) is 0.500. The lowest BCUT2D eigenvalue weighted by Gasteiger charge is -2.06. The van der Waals surface area contributed by atoms with Gasteiger partial charge in [0, 0.05) is 11.1 Å². The average molecular weight is 336 g/mol. The van der Waals surface area contributed by atoms with Crippen molar-refractivity contribution in [1.29, 1.82) is 0 Å². The highest BCUT2D eigenvalue weighted by atomic mass is 19.4. The Kier molecular flexibility index (Phi) is 9.22. The molecule has 0 aliphatic carbocycles. The van der Waals surface area contributed by atoms with Crippen LogP contribution in [0.4, 0.5) is 26.3 Å². The lowest BCUT2D eigenvalue weighted by atomic mass is 10.4. The van der Waals surface area contributed by atoms with Gasteiger partial charge in [0.2, 0.25) is 0 Å². The molecule has 128 valence electrons. The van der Waals surface area contributed by atoms with Gasteiger partial charge >= 0.3 is 24.3 Å². The minimum Gasteiger partial charge on any atom is -0.453 e. The van der Waals surface area contributed by atoms with E-state index in [1.807, 2.05) is 0 Å². The Balaban J connectivity index is 0. The molecule has 0 aromatic heterocycles. The number of esters is 2. The van der Waals surface area contributed by atoms with Crippen molar-refractivity contribution in [1.82, 2.24) is 0 Å². The Morgan fingerprint density at radius 2 is 1.00 bits per heavy atom. The maximum Gasteiger partial charge on any atom is 0.422 e. The van der Waals surface area contributed by atoms with Crippen molar-refractivity contribution in [2.24, 2.45) is 0 Å². The van der Waals surface area contributed by atoms with Gasteiger partial charge < -0.3 is 9.47 Å². The van der Waals surface area contributed by atoms with E-state index in [1.54, 1.807) is 0 Å². The number of halogens is 6. The van der Waals surface area contributed by atoms with E-state index in [2.05, 4.69) is 22.6 Å². The molecule has 0 aromatic carbocycles. The van der Waals surface area contributed by atoms with Crippen LogP contribution in [0.15, 0.2) is 24.3 Å².